The molecule has 0 unspecified atom stereocenters. The molecule has 0 N–H and O–H groups in total. The molecular weight excluding hydrogens is 310 g/mol. The van der Waals surface area contributed by atoms with Gasteiger partial charge in [0, 0.05) is 25.7 Å². The van der Waals surface area contributed by atoms with Gasteiger partial charge in [-0.1, -0.05) is 19.3 Å². The third-order valence-corrected chi connectivity index (χ3v) is 5.65. The molecule has 1 aromatic carbocycles. The Morgan fingerprint density at radius 3 is 2.17 bits per heavy atom. The van der Waals surface area contributed by atoms with Crippen molar-refractivity contribution in [3.63, 3.8) is 0 Å². The summed E-state index contributed by atoms with van der Waals surface area (Å²) in [4.78, 5) is 24.0. The summed E-state index contributed by atoms with van der Waals surface area (Å²) in [6.45, 7) is 0. The highest BCUT2D eigenvalue weighted by Gasteiger charge is 2.44. The van der Waals surface area contributed by atoms with E-state index in [2.05, 4.69) is 0 Å². The van der Waals surface area contributed by atoms with Crippen molar-refractivity contribution in [2.24, 2.45) is 0 Å². The Morgan fingerprint density at radius 1 is 1.00 bits per heavy atom. The van der Waals surface area contributed by atoms with E-state index in [1.165, 1.54) is 11.3 Å². The van der Waals surface area contributed by atoms with Crippen LogP contribution in [0.4, 0.5) is 17.1 Å². The lowest BCUT2D eigenvalue weighted by Crippen LogP contribution is -2.34. The first-order chi connectivity index (χ1) is 11.4. The van der Waals surface area contributed by atoms with E-state index in [0.29, 0.717) is 6.42 Å². The Balaban J connectivity index is 2.32. The quantitative estimate of drug-likeness (QED) is 0.613. The molecule has 24 heavy (non-hydrogen) atoms. The maximum absolute atomic E-state index is 11.8. The largest absolute Gasteiger partial charge is 0.366 e. The van der Waals surface area contributed by atoms with Crippen LogP contribution in [0.2, 0.25) is 0 Å². The van der Waals surface area contributed by atoms with Crippen molar-refractivity contribution >= 4 is 17.1 Å². The van der Waals surface area contributed by atoms with Crippen molar-refractivity contribution < 1.29 is 9.85 Å². The van der Waals surface area contributed by atoms with Gasteiger partial charge in [0.2, 0.25) is 0 Å². The average Bonchev–Trinajstić information content (AvgIpc) is 2.54. The van der Waals surface area contributed by atoms with Gasteiger partial charge in [0.1, 0.15) is 0 Å². The maximum atomic E-state index is 11.8. The Bertz CT molecular complexity index is 694. The van der Waals surface area contributed by atoms with Crippen LogP contribution in [-0.2, 0) is 11.8 Å². The number of hydrogen-bond donors (Lipinski definition) is 0. The van der Waals surface area contributed by atoms with Gasteiger partial charge in [-0.3, -0.25) is 20.2 Å². The summed E-state index contributed by atoms with van der Waals surface area (Å²) in [5.41, 5.74) is 1.41. The normalized spacial score (nSPS) is 18.9. The van der Waals surface area contributed by atoms with Crippen molar-refractivity contribution in [1.82, 2.24) is 0 Å². The van der Waals surface area contributed by atoms with Crippen molar-refractivity contribution in [3.05, 3.63) is 37.4 Å². The van der Waals surface area contributed by atoms with Crippen molar-refractivity contribution in [2.45, 2.75) is 56.8 Å². The molecule has 7 nitrogen and oxygen atoms in total. The molecule has 0 bridgehead atoms. The minimum absolute atomic E-state index is 0.0613. The molecule has 130 valence electrons. The fourth-order valence-corrected chi connectivity index (χ4v) is 4.67. The van der Waals surface area contributed by atoms with E-state index in [1.807, 2.05) is 0 Å². The molecule has 1 spiro atoms. The van der Waals surface area contributed by atoms with Crippen LogP contribution in [0.25, 0.3) is 0 Å². The Hall–Kier alpha value is -2.18. The number of nitrogens with zero attached hydrogens (tertiary/aromatic N) is 3. The SMILES string of the molecule is CN(C)c1c([N+](=O)[O-])cc2c(c1[N+](=O)[O-])CCCC21CCCCC1. The number of nitro groups is 2. The molecule has 0 atom stereocenters. The van der Waals surface area contributed by atoms with Gasteiger partial charge in [-0.2, -0.15) is 0 Å². The minimum Gasteiger partial charge on any atom is -0.366 e. The number of hydrogen-bond acceptors (Lipinski definition) is 5. The van der Waals surface area contributed by atoms with E-state index in [0.717, 1.165) is 49.7 Å². The van der Waals surface area contributed by atoms with Crippen LogP contribution in [-0.4, -0.2) is 23.9 Å². The number of rotatable bonds is 3. The fourth-order valence-electron chi connectivity index (χ4n) is 4.67. The van der Waals surface area contributed by atoms with Crippen LogP contribution in [0.5, 0.6) is 0 Å². The highest BCUT2D eigenvalue weighted by Crippen LogP contribution is 2.53. The Kier molecular flexibility index (Phi) is 4.19. The van der Waals surface area contributed by atoms with Gasteiger partial charge in [-0.05, 0) is 43.1 Å². The summed E-state index contributed by atoms with van der Waals surface area (Å²) in [6.07, 6.45) is 7.86. The second kappa shape index (κ2) is 6.03. The van der Waals surface area contributed by atoms with Crippen LogP contribution in [0, 0.1) is 20.2 Å². The smallest absolute Gasteiger partial charge is 0.303 e. The van der Waals surface area contributed by atoms with Gasteiger partial charge in [-0.25, -0.2) is 0 Å². The highest BCUT2D eigenvalue weighted by atomic mass is 16.6. The van der Waals surface area contributed by atoms with E-state index in [1.54, 1.807) is 20.2 Å². The molecule has 0 heterocycles. The Labute approximate surface area is 140 Å². The standard InChI is InChI=1S/C17H23N3O4/c1-18(2)16-14(19(21)22)11-13-12(15(16)20(23)24)7-6-10-17(13)8-4-3-5-9-17/h11H,3-10H2,1-2H3. The lowest BCUT2D eigenvalue weighted by molar-refractivity contribution is -0.393. The predicted molar refractivity (Wildman–Crippen MR) is 91.8 cm³/mol. The van der Waals surface area contributed by atoms with Crippen LogP contribution in [0.3, 0.4) is 0 Å². The predicted octanol–water partition coefficient (Wildman–Crippen LogP) is 4.11. The number of anilines is 1. The zero-order chi connectivity index (χ0) is 17.5. The molecular formula is C17H23N3O4. The molecule has 0 radical (unpaired) electrons. The van der Waals surface area contributed by atoms with Gasteiger partial charge in [0.25, 0.3) is 5.69 Å². The minimum atomic E-state index is -0.478. The average molecular weight is 333 g/mol. The fraction of sp³-hybridized carbons (Fsp3) is 0.647. The van der Waals surface area contributed by atoms with Crippen molar-refractivity contribution in [3.8, 4) is 0 Å². The zero-order valence-electron chi connectivity index (χ0n) is 14.2. The summed E-state index contributed by atoms with van der Waals surface area (Å²) < 4.78 is 0. The summed E-state index contributed by atoms with van der Waals surface area (Å²) >= 11 is 0. The van der Waals surface area contributed by atoms with Crippen LogP contribution < -0.4 is 4.90 Å². The third kappa shape index (κ3) is 2.52. The maximum Gasteiger partial charge on any atom is 0.303 e. The topological polar surface area (TPSA) is 89.5 Å². The van der Waals surface area contributed by atoms with E-state index in [9.17, 15) is 20.2 Å². The summed E-state index contributed by atoms with van der Waals surface area (Å²) in [7, 11) is 3.25. The second-order valence-corrected chi connectivity index (χ2v) is 7.22. The Morgan fingerprint density at radius 2 is 1.62 bits per heavy atom. The molecule has 7 heteroatoms. The summed E-state index contributed by atoms with van der Waals surface area (Å²) in [6, 6.07) is 1.64. The third-order valence-electron chi connectivity index (χ3n) is 5.65. The zero-order valence-corrected chi connectivity index (χ0v) is 14.2. The summed E-state index contributed by atoms with van der Waals surface area (Å²) in [5, 5.41) is 23.4. The van der Waals surface area contributed by atoms with Crippen LogP contribution in [0.1, 0.15) is 56.1 Å². The van der Waals surface area contributed by atoms with Gasteiger partial charge >= 0.3 is 5.69 Å². The van der Waals surface area contributed by atoms with Gasteiger partial charge < -0.3 is 4.90 Å². The first-order valence-electron chi connectivity index (χ1n) is 8.54. The van der Waals surface area contributed by atoms with Gasteiger partial charge in [0.05, 0.1) is 9.85 Å². The van der Waals surface area contributed by atoms with E-state index in [4.69, 9.17) is 0 Å². The van der Waals surface area contributed by atoms with Crippen molar-refractivity contribution in [1.29, 1.82) is 0 Å². The molecule has 0 saturated heterocycles. The lowest BCUT2D eigenvalue weighted by Gasteiger charge is -2.42. The van der Waals surface area contributed by atoms with E-state index in [-0.39, 0.29) is 22.5 Å². The number of fused-ring (bicyclic) bond motifs is 2. The molecule has 1 saturated carbocycles. The van der Waals surface area contributed by atoms with E-state index >= 15 is 0 Å². The van der Waals surface area contributed by atoms with Crippen molar-refractivity contribution in [2.75, 3.05) is 19.0 Å². The number of nitro benzene ring substituents is 2. The van der Waals surface area contributed by atoms with Gasteiger partial charge in [-0.15, -0.1) is 0 Å². The second-order valence-electron chi connectivity index (χ2n) is 7.22. The van der Waals surface area contributed by atoms with Gasteiger partial charge in [0.15, 0.2) is 5.69 Å². The monoisotopic (exact) mass is 333 g/mol. The lowest BCUT2D eigenvalue weighted by atomic mass is 9.62. The summed E-state index contributed by atoms with van der Waals surface area (Å²) in [5.74, 6) is 0. The van der Waals surface area contributed by atoms with Crippen LogP contribution >= 0.6 is 0 Å². The highest BCUT2D eigenvalue weighted by molar-refractivity contribution is 5.79. The molecule has 2 aliphatic carbocycles. The molecule has 1 aromatic rings. The molecule has 2 aliphatic rings. The first kappa shape index (κ1) is 16.7. The molecule has 3 rings (SSSR count). The molecule has 1 fully saturated rings. The molecule has 0 amide bonds. The van der Waals surface area contributed by atoms with Crippen LogP contribution in [0.15, 0.2) is 6.07 Å². The van der Waals surface area contributed by atoms with E-state index < -0.39 is 9.85 Å². The number of benzene rings is 1. The molecule has 0 aromatic heterocycles. The molecule has 0 aliphatic heterocycles. The first-order valence-corrected chi connectivity index (χ1v) is 8.54.